The first kappa shape index (κ1) is 24.5. The number of rotatable bonds is 8. The number of nitrogens with zero attached hydrogens (tertiary/aromatic N) is 1. The highest BCUT2D eigenvalue weighted by atomic mass is 32.2. The molecule has 1 aliphatic heterocycles. The number of sulfonamides is 1. The van der Waals surface area contributed by atoms with Gasteiger partial charge in [-0.2, -0.15) is 4.31 Å². The van der Waals surface area contributed by atoms with Crippen LogP contribution < -0.4 is 14.8 Å². The lowest BCUT2D eigenvalue weighted by atomic mass is 9.89. The summed E-state index contributed by atoms with van der Waals surface area (Å²) in [6.45, 7) is 2.94. The van der Waals surface area contributed by atoms with E-state index >= 15 is 0 Å². The number of fused-ring (bicyclic) bond motifs is 1. The first-order chi connectivity index (χ1) is 16.4. The maximum Gasteiger partial charge on any atom is 0.262 e. The third-order valence-corrected chi connectivity index (χ3v) is 8.16. The summed E-state index contributed by atoms with van der Waals surface area (Å²) in [5.74, 6) is 0.550. The van der Waals surface area contributed by atoms with Crippen molar-refractivity contribution in [2.24, 2.45) is 0 Å². The fraction of sp³-hybridized carbons (Fsp3) is 0.480. The minimum atomic E-state index is -3.65. The Hall–Kier alpha value is -2.62. The van der Waals surface area contributed by atoms with Gasteiger partial charge in [-0.15, -0.1) is 0 Å². The van der Waals surface area contributed by atoms with Crippen LogP contribution in [-0.4, -0.2) is 50.0 Å². The van der Waals surface area contributed by atoms with Crippen molar-refractivity contribution in [3.63, 3.8) is 0 Å². The molecule has 0 spiro atoms. The number of carbonyl (C=O) groups is 1. The highest BCUT2D eigenvalue weighted by molar-refractivity contribution is 7.89. The number of hydrogen-bond acceptors (Lipinski definition) is 6. The Morgan fingerprint density at radius 3 is 2.65 bits per heavy atom. The van der Waals surface area contributed by atoms with Gasteiger partial charge in [0.15, 0.2) is 6.61 Å². The summed E-state index contributed by atoms with van der Waals surface area (Å²) in [4.78, 5) is 12.9. The first-order valence-electron chi connectivity index (χ1n) is 11.9. The average molecular weight is 489 g/mol. The summed E-state index contributed by atoms with van der Waals surface area (Å²) in [5, 5.41) is 13.0. The summed E-state index contributed by atoms with van der Waals surface area (Å²) >= 11 is 0. The van der Waals surface area contributed by atoms with Crippen molar-refractivity contribution in [3.05, 3.63) is 47.5 Å². The maximum absolute atomic E-state index is 13.1. The van der Waals surface area contributed by atoms with Crippen LogP contribution in [0.4, 0.5) is 5.69 Å². The topological polar surface area (TPSA) is 105 Å². The number of aliphatic hydroxyl groups is 1. The van der Waals surface area contributed by atoms with E-state index in [1.165, 1.54) is 16.4 Å². The zero-order valence-corrected chi connectivity index (χ0v) is 20.3. The molecule has 0 bridgehead atoms. The fourth-order valence-corrected chi connectivity index (χ4v) is 6.10. The molecule has 1 saturated heterocycles. The lowest BCUT2D eigenvalue weighted by Gasteiger charge is -2.26. The molecule has 0 aromatic heterocycles. The minimum absolute atomic E-state index is 0.125. The largest absolute Gasteiger partial charge is 0.492 e. The molecule has 34 heavy (non-hydrogen) atoms. The van der Waals surface area contributed by atoms with Crippen LogP contribution >= 0.6 is 0 Å². The number of ether oxygens (including phenoxy) is 2. The lowest BCUT2D eigenvalue weighted by Crippen LogP contribution is -2.35. The van der Waals surface area contributed by atoms with Crippen LogP contribution in [0, 0.1) is 0 Å². The SMILES string of the molecule is CCOc1ccc(S(=O)(=O)N2CCCCC2)cc1NC(=O)COc1cccc2c1CCC[C@H]2O. The molecule has 0 saturated carbocycles. The van der Waals surface area contributed by atoms with E-state index in [1.807, 2.05) is 19.1 Å². The van der Waals surface area contributed by atoms with Crippen LogP contribution in [0.5, 0.6) is 11.5 Å². The standard InChI is InChI=1S/C25H32N2O6S/c1-2-32-24-13-12-18(34(30,31)27-14-4-3-5-15-27)16-21(24)26-25(29)17-33-23-11-7-8-19-20(23)9-6-10-22(19)28/h7-8,11-13,16,22,28H,2-6,9-10,14-15,17H2,1H3,(H,26,29)/t22-/m1/s1. The predicted octanol–water partition coefficient (Wildman–Crippen LogP) is 3.65. The van der Waals surface area contributed by atoms with Crippen molar-refractivity contribution in [1.29, 1.82) is 0 Å². The minimum Gasteiger partial charge on any atom is -0.492 e. The average Bonchev–Trinajstić information content (AvgIpc) is 2.85. The summed E-state index contributed by atoms with van der Waals surface area (Å²) in [6, 6.07) is 10.0. The van der Waals surface area contributed by atoms with E-state index < -0.39 is 22.0 Å². The number of benzene rings is 2. The van der Waals surface area contributed by atoms with Crippen molar-refractivity contribution in [2.45, 2.75) is 56.4 Å². The van der Waals surface area contributed by atoms with Crippen LogP contribution in [-0.2, 0) is 21.2 Å². The predicted molar refractivity (Wildman–Crippen MR) is 129 cm³/mol. The van der Waals surface area contributed by atoms with Gasteiger partial charge in [0.25, 0.3) is 5.91 Å². The Labute approximate surface area is 200 Å². The quantitative estimate of drug-likeness (QED) is 0.588. The van der Waals surface area contributed by atoms with E-state index in [2.05, 4.69) is 5.32 Å². The van der Waals surface area contributed by atoms with Crippen molar-refractivity contribution in [3.8, 4) is 11.5 Å². The summed E-state index contributed by atoms with van der Waals surface area (Å²) in [6.07, 6.45) is 4.56. The number of anilines is 1. The Bertz CT molecular complexity index is 1130. The second-order valence-electron chi connectivity index (χ2n) is 8.62. The highest BCUT2D eigenvalue weighted by Gasteiger charge is 2.27. The molecule has 1 amide bonds. The summed E-state index contributed by atoms with van der Waals surface area (Å²) in [5.41, 5.74) is 2.07. The molecule has 184 valence electrons. The molecular weight excluding hydrogens is 456 g/mol. The number of amides is 1. The molecule has 2 aliphatic rings. The number of hydrogen-bond donors (Lipinski definition) is 2. The summed E-state index contributed by atoms with van der Waals surface area (Å²) in [7, 11) is -3.65. The molecule has 1 aliphatic carbocycles. The van der Waals surface area contributed by atoms with E-state index in [0.717, 1.165) is 43.2 Å². The van der Waals surface area contributed by atoms with Crippen molar-refractivity contribution in [1.82, 2.24) is 4.31 Å². The molecule has 2 aromatic rings. The lowest BCUT2D eigenvalue weighted by molar-refractivity contribution is -0.118. The maximum atomic E-state index is 13.1. The van der Waals surface area contributed by atoms with E-state index in [0.29, 0.717) is 43.3 Å². The normalized spacial score (nSPS) is 18.7. The molecule has 0 radical (unpaired) electrons. The molecule has 9 heteroatoms. The number of carbonyl (C=O) groups excluding carboxylic acids is 1. The number of nitrogens with one attached hydrogen (secondary N) is 1. The Morgan fingerprint density at radius 1 is 1.09 bits per heavy atom. The van der Waals surface area contributed by atoms with E-state index in [9.17, 15) is 18.3 Å². The molecule has 2 N–H and O–H groups in total. The van der Waals surface area contributed by atoms with Gasteiger partial charge >= 0.3 is 0 Å². The van der Waals surface area contributed by atoms with Gasteiger partial charge in [-0.3, -0.25) is 4.79 Å². The molecule has 8 nitrogen and oxygen atoms in total. The second-order valence-corrected chi connectivity index (χ2v) is 10.6. The van der Waals surface area contributed by atoms with Gasteiger partial charge in [-0.05, 0) is 74.4 Å². The first-order valence-corrected chi connectivity index (χ1v) is 13.3. The molecule has 4 rings (SSSR count). The monoisotopic (exact) mass is 488 g/mol. The van der Waals surface area contributed by atoms with Crippen molar-refractivity contribution < 1.29 is 27.8 Å². The van der Waals surface area contributed by atoms with Gasteiger partial charge in [-0.25, -0.2) is 8.42 Å². The van der Waals surface area contributed by atoms with Crippen LogP contribution in [0.2, 0.25) is 0 Å². The van der Waals surface area contributed by atoms with Gasteiger partial charge in [0.2, 0.25) is 10.0 Å². The van der Waals surface area contributed by atoms with Crippen LogP contribution in [0.15, 0.2) is 41.3 Å². The van der Waals surface area contributed by atoms with Gasteiger partial charge < -0.3 is 19.9 Å². The van der Waals surface area contributed by atoms with Crippen LogP contribution in [0.3, 0.4) is 0 Å². The third-order valence-electron chi connectivity index (χ3n) is 6.27. The summed E-state index contributed by atoms with van der Waals surface area (Å²) < 4.78 is 39.1. The van der Waals surface area contributed by atoms with E-state index in [4.69, 9.17) is 9.47 Å². The van der Waals surface area contributed by atoms with Gasteiger partial charge in [-0.1, -0.05) is 18.6 Å². The Morgan fingerprint density at radius 2 is 1.88 bits per heavy atom. The zero-order chi connectivity index (χ0) is 24.1. The van der Waals surface area contributed by atoms with Crippen molar-refractivity contribution >= 4 is 21.6 Å². The van der Waals surface area contributed by atoms with Crippen molar-refractivity contribution in [2.75, 3.05) is 31.6 Å². The molecule has 0 unspecified atom stereocenters. The van der Waals surface area contributed by atoms with Crippen LogP contribution in [0.1, 0.15) is 56.3 Å². The second kappa shape index (κ2) is 10.8. The Kier molecular flexibility index (Phi) is 7.75. The molecule has 2 aromatic carbocycles. The van der Waals surface area contributed by atoms with Crippen LogP contribution in [0.25, 0.3) is 0 Å². The number of aliphatic hydroxyl groups excluding tert-OH is 1. The van der Waals surface area contributed by atoms with E-state index in [-0.39, 0.29) is 11.5 Å². The Balaban J connectivity index is 1.49. The van der Waals surface area contributed by atoms with Gasteiger partial charge in [0, 0.05) is 13.1 Å². The fourth-order valence-electron chi connectivity index (χ4n) is 4.56. The van der Waals surface area contributed by atoms with Gasteiger partial charge in [0.05, 0.1) is 23.3 Å². The highest BCUT2D eigenvalue weighted by Crippen LogP contribution is 2.35. The molecule has 1 heterocycles. The smallest absolute Gasteiger partial charge is 0.262 e. The molecule has 1 fully saturated rings. The molecular formula is C25H32N2O6S. The van der Waals surface area contributed by atoms with Gasteiger partial charge in [0.1, 0.15) is 11.5 Å². The van der Waals surface area contributed by atoms with E-state index in [1.54, 1.807) is 12.1 Å². The zero-order valence-electron chi connectivity index (χ0n) is 19.5. The number of piperidine rings is 1. The molecule has 1 atom stereocenters. The third kappa shape index (κ3) is 5.37.